The Kier molecular flexibility index (Phi) is 6.00. The molecule has 0 aliphatic carbocycles. The lowest BCUT2D eigenvalue weighted by Crippen LogP contribution is -2.00. The standard InChI is InChI=1S/C24H16N2O6S2/c27-31-32-33-17-5-1-15(2-6-17)19-11-13-25-23-21(19)9-10-22-20(12-14-26-24(22)23)16-3-7-18(8-4-16)34(28,29)30/h1-14,27H,(H,28,29,30)/p-2. The average Bonchev–Trinajstić information content (AvgIpc) is 2.86. The number of hydrogen-bond donors (Lipinski definition) is 0. The Morgan fingerprint density at radius 3 is 1.68 bits per heavy atom. The molecule has 0 saturated heterocycles. The van der Waals surface area contributed by atoms with Crippen molar-refractivity contribution >= 4 is 44.0 Å². The summed E-state index contributed by atoms with van der Waals surface area (Å²) >= 11 is 0.824. The van der Waals surface area contributed by atoms with Crippen molar-refractivity contribution in [3.63, 3.8) is 0 Å². The van der Waals surface area contributed by atoms with E-state index in [1.807, 2.05) is 48.5 Å². The molecule has 2 heterocycles. The van der Waals surface area contributed by atoms with Crippen molar-refractivity contribution in [1.82, 2.24) is 9.97 Å². The van der Waals surface area contributed by atoms with Crippen LogP contribution in [0.25, 0.3) is 44.1 Å². The number of rotatable bonds is 6. The van der Waals surface area contributed by atoms with Crippen molar-refractivity contribution < 1.29 is 27.6 Å². The van der Waals surface area contributed by atoms with Crippen molar-refractivity contribution in [1.29, 1.82) is 0 Å². The quantitative estimate of drug-likeness (QED) is 0.113. The first-order valence-electron chi connectivity index (χ1n) is 9.92. The predicted molar refractivity (Wildman–Crippen MR) is 124 cm³/mol. The zero-order chi connectivity index (χ0) is 23.7. The van der Waals surface area contributed by atoms with Gasteiger partial charge in [0.25, 0.3) is 0 Å². The third-order valence-electron chi connectivity index (χ3n) is 5.40. The highest BCUT2D eigenvalue weighted by Crippen LogP contribution is 2.35. The molecule has 0 atom stereocenters. The zero-order valence-corrected chi connectivity index (χ0v) is 18.9. The summed E-state index contributed by atoms with van der Waals surface area (Å²) in [6, 6.07) is 20.9. The smallest absolute Gasteiger partial charge is 0.124 e. The summed E-state index contributed by atoms with van der Waals surface area (Å²) in [6.07, 6.45) is 3.39. The lowest BCUT2D eigenvalue weighted by molar-refractivity contribution is -0.777. The zero-order valence-electron chi connectivity index (χ0n) is 17.2. The maximum absolute atomic E-state index is 11.3. The first kappa shape index (κ1) is 22.4. The molecule has 0 radical (unpaired) electrons. The van der Waals surface area contributed by atoms with E-state index >= 15 is 0 Å². The van der Waals surface area contributed by atoms with Crippen LogP contribution in [0.1, 0.15) is 0 Å². The average molecular weight is 491 g/mol. The molecular formula is C24H14N2O6S2-2. The van der Waals surface area contributed by atoms with Crippen LogP contribution >= 0.6 is 12.0 Å². The fraction of sp³-hybridized carbons (Fsp3) is 0. The number of pyridine rings is 2. The Labute approximate surface area is 198 Å². The number of fused-ring (bicyclic) bond motifs is 3. The minimum Gasteiger partial charge on any atom is -0.744 e. The van der Waals surface area contributed by atoms with Crippen LogP contribution in [0.2, 0.25) is 0 Å². The van der Waals surface area contributed by atoms with E-state index in [-0.39, 0.29) is 4.90 Å². The van der Waals surface area contributed by atoms with E-state index in [2.05, 4.69) is 19.3 Å². The molecule has 0 N–H and O–H groups in total. The molecule has 0 bridgehead atoms. The molecule has 170 valence electrons. The Morgan fingerprint density at radius 2 is 1.21 bits per heavy atom. The largest absolute Gasteiger partial charge is 0.744 e. The number of aromatic nitrogens is 2. The third kappa shape index (κ3) is 4.26. The fourth-order valence-corrected chi connectivity index (χ4v) is 4.70. The molecule has 0 saturated carbocycles. The molecule has 10 heteroatoms. The van der Waals surface area contributed by atoms with Gasteiger partial charge in [-0.2, -0.15) is 4.33 Å². The maximum atomic E-state index is 11.3. The van der Waals surface area contributed by atoms with Gasteiger partial charge in [-0.25, -0.2) is 8.42 Å². The molecule has 0 fully saturated rings. The van der Waals surface area contributed by atoms with E-state index in [1.165, 1.54) is 12.1 Å². The van der Waals surface area contributed by atoms with Gasteiger partial charge in [0.1, 0.15) is 10.1 Å². The highest BCUT2D eigenvalue weighted by atomic mass is 32.2. The van der Waals surface area contributed by atoms with Crippen molar-refractivity contribution in [3.8, 4) is 22.3 Å². The monoisotopic (exact) mass is 490 g/mol. The van der Waals surface area contributed by atoms with Gasteiger partial charge in [-0.05, 0) is 58.7 Å². The van der Waals surface area contributed by atoms with Gasteiger partial charge in [0.15, 0.2) is 0 Å². The van der Waals surface area contributed by atoms with Crippen LogP contribution < -0.4 is 5.26 Å². The summed E-state index contributed by atoms with van der Waals surface area (Å²) in [7, 11) is -4.51. The molecule has 34 heavy (non-hydrogen) atoms. The highest BCUT2D eigenvalue weighted by Gasteiger charge is 2.12. The van der Waals surface area contributed by atoms with Crippen LogP contribution in [0.5, 0.6) is 0 Å². The summed E-state index contributed by atoms with van der Waals surface area (Å²) < 4.78 is 38.1. The topological polar surface area (TPSA) is 125 Å². The second-order valence-corrected chi connectivity index (χ2v) is 9.45. The molecule has 2 aromatic heterocycles. The van der Waals surface area contributed by atoms with Crippen LogP contribution in [0.3, 0.4) is 0 Å². The lowest BCUT2D eigenvalue weighted by Gasteiger charge is -2.12. The van der Waals surface area contributed by atoms with Crippen molar-refractivity contribution in [2.75, 3.05) is 0 Å². The molecule has 0 aliphatic heterocycles. The normalized spacial score (nSPS) is 11.8. The van der Waals surface area contributed by atoms with E-state index < -0.39 is 10.1 Å². The van der Waals surface area contributed by atoms with Crippen LogP contribution in [0, 0.1) is 0 Å². The molecular weight excluding hydrogens is 476 g/mol. The number of hydrogen-bond acceptors (Lipinski definition) is 9. The molecule has 0 amide bonds. The van der Waals surface area contributed by atoms with Gasteiger partial charge in [0.05, 0.1) is 28.0 Å². The van der Waals surface area contributed by atoms with Crippen LogP contribution in [-0.4, -0.2) is 22.9 Å². The van der Waals surface area contributed by atoms with Crippen LogP contribution in [-0.2, 0) is 19.5 Å². The van der Waals surface area contributed by atoms with Gasteiger partial charge in [0.2, 0.25) is 0 Å². The summed E-state index contributed by atoms with van der Waals surface area (Å²) in [4.78, 5) is 9.58. The lowest BCUT2D eigenvalue weighted by atomic mass is 9.96. The van der Waals surface area contributed by atoms with Gasteiger partial charge in [-0.15, -0.1) is 0 Å². The molecule has 8 nitrogen and oxygen atoms in total. The first-order chi connectivity index (χ1) is 16.5. The second kappa shape index (κ2) is 9.11. The van der Waals surface area contributed by atoms with Crippen molar-refractivity contribution in [3.05, 3.63) is 85.2 Å². The predicted octanol–water partition coefficient (Wildman–Crippen LogP) is 4.25. The summed E-state index contributed by atoms with van der Waals surface area (Å²) in [5.74, 6) is 0. The minimum absolute atomic E-state index is 0.275. The molecule has 5 rings (SSSR count). The van der Waals surface area contributed by atoms with E-state index in [1.54, 1.807) is 24.5 Å². The van der Waals surface area contributed by atoms with E-state index in [0.29, 0.717) is 10.4 Å². The highest BCUT2D eigenvalue weighted by molar-refractivity contribution is 7.94. The van der Waals surface area contributed by atoms with Gasteiger partial charge in [-0.3, -0.25) is 15.0 Å². The molecule has 0 aliphatic rings. The van der Waals surface area contributed by atoms with Gasteiger partial charge in [0, 0.05) is 28.1 Å². The van der Waals surface area contributed by atoms with E-state index in [0.717, 1.165) is 50.6 Å². The first-order valence-corrected chi connectivity index (χ1v) is 12.1. The minimum atomic E-state index is -4.51. The maximum Gasteiger partial charge on any atom is 0.124 e. The summed E-state index contributed by atoms with van der Waals surface area (Å²) in [5, 5.41) is 15.2. The Balaban J connectivity index is 1.61. The fourth-order valence-electron chi connectivity index (χ4n) is 3.88. The molecule has 0 spiro atoms. The third-order valence-corrected chi connectivity index (χ3v) is 6.84. The Bertz CT molecular complexity index is 1610. The van der Waals surface area contributed by atoms with Crippen LogP contribution in [0.15, 0.2) is 95.0 Å². The van der Waals surface area contributed by atoms with E-state index in [9.17, 15) is 18.2 Å². The molecule has 5 aromatic rings. The van der Waals surface area contributed by atoms with Crippen LogP contribution in [0.4, 0.5) is 0 Å². The number of benzene rings is 3. The Morgan fingerprint density at radius 1 is 0.706 bits per heavy atom. The SMILES string of the molecule is O=S(=O)([O-])c1ccc(-c2ccnc3c2ccc2c(-c4ccc(SOO[O-])cc4)ccnc23)cc1. The summed E-state index contributed by atoms with van der Waals surface area (Å²) in [6.45, 7) is 0. The van der Waals surface area contributed by atoms with Crippen molar-refractivity contribution in [2.45, 2.75) is 9.79 Å². The summed E-state index contributed by atoms with van der Waals surface area (Å²) in [5.41, 5.74) is 4.93. The molecule has 3 aromatic carbocycles. The second-order valence-electron chi connectivity index (χ2n) is 7.30. The van der Waals surface area contributed by atoms with Gasteiger partial charge in [-0.1, -0.05) is 36.4 Å². The molecule has 0 unspecified atom stereocenters. The Hall–Kier alpha value is -3.38. The van der Waals surface area contributed by atoms with Crippen molar-refractivity contribution in [2.24, 2.45) is 0 Å². The number of nitrogens with zero attached hydrogens (tertiary/aromatic N) is 2. The van der Waals surface area contributed by atoms with Gasteiger partial charge >= 0.3 is 0 Å². The van der Waals surface area contributed by atoms with Gasteiger partial charge < -0.3 is 9.81 Å². The van der Waals surface area contributed by atoms with E-state index in [4.69, 9.17) is 0 Å².